The lowest BCUT2D eigenvalue weighted by Crippen LogP contribution is -2.52. The maximum atomic E-state index is 12.4. The van der Waals surface area contributed by atoms with Crippen LogP contribution in [0.3, 0.4) is 0 Å². The van der Waals surface area contributed by atoms with E-state index >= 15 is 0 Å². The van der Waals surface area contributed by atoms with E-state index in [4.69, 9.17) is 10.5 Å². The van der Waals surface area contributed by atoms with Crippen molar-refractivity contribution in [2.45, 2.75) is 18.8 Å². The van der Waals surface area contributed by atoms with E-state index in [9.17, 15) is 8.78 Å². The largest absolute Gasteiger partial charge is 0.384 e. The number of hydrogen-bond donors (Lipinski definition) is 1. The molecule has 0 aliphatic heterocycles. The van der Waals surface area contributed by atoms with Gasteiger partial charge in [0.1, 0.15) is 0 Å². The minimum Gasteiger partial charge on any atom is -0.384 e. The highest BCUT2D eigenvalue weighted by Crippen LogP contribution is 2.51. The Bertz CT molecular complexity index is 141. The number of rotatable bonds is 3. The lowest BCUT2D eigenvalue weighted by atomic mass is 9.66. The Morgan fingerprint density at radius 2 is 2.00 bits per heavy atom. The van der Waals surface area contributed by atoms with Crippen LogP contribution in [0.1, 0.15) is 12.8 Å². The molecule has 0 unspecified atom stereocenters. The van der Waals surface area contributed by atoms with Crippen molar-refractivity contribution >= 4 is 0 Å². The summed E-state index contributed by atoms with van der Waals surface area (Å²) in [5, 5.41) is 0. The fourth-order valence-electron chi connectivity index (χ4n) is 1.66. The number of ether oxygens (including phenoxy) is 1. The van der Waals surface area contributed by atoms with E-state index in [1.165, 1.54) is 7.11 Å². The minimum absolute atomic E-state index is 0.121. The van der Waals surface area contributed by atoms with Gasteiger partial charge in [0.15, 0.2) is 0 Å². The highest BCUT2D eigenvalue weighted by molar-refractivity contribution is 4.99. The first kappa shape index (κ1) is 8.87. The van der Waals surface area contributed by atoms with Gasteiger partial charge in [0.05, 0.1) is 6.61 Å². The van der Waals surface area contributed by atoms with E-state index < -0.39 is 11.3 Å². The highest BCUT2D eigenvalue weighted by Gasteiger charge is 2.55. The molecule has 0 radical (unpaired) electrons. The van der Waals surface area contributed by atoms with Gasteiger partial charge in [-0.3, -0.25) is 0 Å². The molecule has 66 valence electrons. The van der Waals surface area contributed by atoms with E-state index in [2.05, 4.69) is 0 Å². The van der Waals surface area contributed by atoms with E-state index in [1.54, 1.807) is 0 Å². The maximum absolute atomic E-state index is 12.4. The second kappa shape index (κ2) is 2.68. The molecule has 4 heteroatoms. The molecule has 1 aliphatic carbocycles. The fraction of sp³-hybridized carbons (Fsp3) is 1.00. The monoisotopic (exact) mass is 165 g/mol. The molecule has 0 bridgehead atoms. The van der Waals surface area contributed by atoms with Gasteiger partial charge in [-0.1, -0.05) is 0 Å². The summed E-state index contributed by atoms with van der Waals surface area (Å²) >= 11 is 0. The van der Waals surface area contributed by atoms with E-state index in [1.807, 2.05) is 0 Å². The molecular formula is C7H13F2NO. The molecule has 0 aromatic heterocycles. The van der Waals surface area contributed by atoms with Crippen LogP contribution < -0.4 is 5.73 Å². The molecule has 1 aliphatic rings. The predicted octanol–water partition coefficient (Wildman–Crippen LogP) is 1.01. The SMILES string of the molecule is COCC1(CN)CC(F)(F)C1. The van der Waals surface area contributed by atoms with Gasteiger partial charge in [-0.2, -0.15) is 0 Å². The van der Waals surface area contributed by atoms with Crippen molar-refractivity contribution in [3.8, 4) is 0 Å². The predicted molar refractivity (Wildman–Crippen MR) is 37.5 cm³/mol. The average Bonchev–Trinajstić information content (AvgIpc) is 1.84. The van der Waals surface area contributed by atoms with Crippen LogP contribution in [0.25, 0.3) is 0 Å². The molecule has 0 aromatic rings. The summed E-state index contributed by atoms with van der Waals surface area (Å²) in [6, 6.07) is 0. The molecule has 0 saturated heterocycles. The molecule has 0 spiro atoms. The number of hydrogen-bond acceptors (Lipinski definition) is 2. The standard InChI is InChI=1S/C7H13F2NO/c1-11-5-6(4-10)2-7(8,9)3-6/h2-5,10H2,1H3. The van der Waals surface area contributed by atoms with Gasteiger partial charge in [-0.05, 0) is 0 Å². The smallest absolute Gasteiger partial charge is 0.249 e. The lowest BCUT2D eigenvalue weighted by Gasteiger charge is -2.46. The zero-order valence-corrected chi connectivity index (χ0v) is 6.57. The first-order valence-corrected chi connectivity index (χ1v) is 3.60. The topological polar surface area (TPSA) is 35.2 Å². The molecule has 0 aromatic carbocycles. The third-order valence-electron chi connectivity index (χ3n) is 2.15. The molecule has 0 atom stereocenters. The van der Waals surface area contributed by atoms with Gasteiger partial charge in [-0.15, -0.1) is 0 Å². The molecule has 1 rings (SSSR count). The summed E-state index contributed by atoms with van der Waals surface area (Å²) in [5.41, 5.74) is 4.92. The van der Waals surface area contributed by atoms with Gasteiger partial charge in [-0.25, -0.2) is 8.78 Å². The van der Waals surface area contributed by atoms with Crippen LogP contribution in [0.15, 0.2) is 0 Å². The van der Waals surface area contributed by atoms with Gasteiger partial charge in [0, 0.05) is 31.9 Å². The number of halogens is 2. The van der Waals surface area contributed by atoms with Crippen LogP contribution in [0, 0.1) is 5.41 Å². The quantitative estimate of drug-likeness (QED) is 0.677. The van der Waals surface area contributed by atoms with Crippen LogP contribution in [-0.4, -0.2) is 26.2 Å². The molecular weight excluding hydrogens is 152 g/mol. The lowest BCUT2D eigenvalue weighted by molar-refractivity contribution is -0.175. The summed E-state index contributed by atoms with van der Waals surface area (Å²) in [6.07, 6.45) is -0.241. The fourth-order valence-corrected chi connectivity index (χ4v) is 1.66. The average molecular weight is 165 g/mol. The number of methoxy groups -OCH3 is 1. The van der Waals surface area contributed by atoms with Crippen molar-refractivity contribution in [1.82, 2.24) is 0 Å². The molecule has 1 fully saturated rings. The Morgan fingerprint density at radius 1 is 1.45 bits per heavy atom. The van der Waals surface area contributed by atoms with Gasteiger partial charge < -0.3 is 10.5 Å². The zero-order valence-electron chi connectivity index (χ0n) is 6.57. The second-order valence-electron chi connectivity index (χ2n) is 3.35. The van der Waals surface area contributed by atoms with Crippen molar-refractivity contribution < 1.29 is 13.5 Å². The van der Waals surface area contributed by atoms with E-state index in [-0.39, 0.29) is 19.4 Å². The second-order valence-corrected chi connectivity index (χ2v) is 3.35. The van der Waals surface area contributed by atoms with Gasteiger partial charge >= 0.3 is 0 Å². The van der Waals surface area contributed by atoms with Crippen molar-refractivity contribution in [3.05, 3.63) is 0 Å². The molecule has 0 amide bonds. The van der Waals surface area contributed by atoms with Crippen molar-refractivity contribution in [2.24, 2.45) is 11.1 Å². The summed E-state index contributed by atoms with van der Waals surface area (Å²) in [7, 11) is 1.51. The third-order valence-corrected chi connectivity index (χ3v) is 2.15. The Hall–Kier alpha value is -0.220. The molecule has 2 N–H and O–H groups in total. The summed E-state index contributed by atoms with van der Waals surface area (Å²) < 4.78 is 29.7. The van der Waals surface area contributed by atoms with Crippen LogP contribution >= 0.6 is 0 Å². The number of nitrogens with two attached hydrogens (primary N) is 1. The molecule has 1 saturated carbocycles. The molecule has 11 heavy (non-hydrogen) atoms. The van der Waals surface area contributed by atoms with Gasteiger partial charge in [0.25, 0.3) is 0 Å². The van der Waals surface area contributed by atoms with Crippen LogP contribution in [0.4, 0.5) is 8.78 Å². The van der Waals surface area contributed by atoms with E-state index in [0.29, 0.717) is 6.61 Å². The molecule has 2 nitrogen and oxygen atoms in total. The normalized spacial score (nSPS) is 26.2. The first-order valence-electron chi connectivity index (χ1n) is 3.60. The van der Waals surface area contributed by atoms with Gasteiger partial charge in [0.2, 0.25) is 5.92 Å². The Labute approximate surface area is 64.7 Å². The van der Waals surface area contributed by atoms with Crippen LogP contribution in [-0.2, 0) is 4.74 Å². The summed E-state index contributed by atoms with van der Waals surface area (Å²) in [6.45, 7) is 0.634. The Balaban J connectivity index is 2.43. The first-order chi connectivity index (χ1) is 5.04. The summed E-state index contributed by atoms with van der Waals surface area (Å²) in [4.78, 5) is 0. The Kier molecular flexibility index (Phi) is 2.16. The maximum Gasteiger partial charge on any atom is 0.249 e. The zero-order chi connectivity index (χ0) is 8.54. The number of alkyl halides is 2. The Morgan fingerprint density at radius 3 is 2.27 bits per heavy atom. The van der Waals surface area contributed by atoms with E-state index in [0.717, 1.165) is 0 Å². The van der Waals surface area contributed by atoms with Crippen molar-refractivity contribution in [1.29, 1.82) is 0 Å². The van der Waals surface area contributed by atoms with Crippen LogP contribution in [0.5, 0.6) is 0 Å². The summed E-state index contributed by atoms with van der Waals surface area (Å²) in [5.74, 6) is -2.50. The van der Waals surface area contributed by atoms with Crippen molar-refractivity contribution in [2.75, 3.05) is 20.3 Å². The third kappa shape index (κ3) is 1.68. The van der Waals surface area contributed by atoms with Crippen LogP contribution in [0.2, 0.25) is 0 Å². The van der Waals surface area contributed by atoms with Crippen molar-refractivity contribution in [3.63, 3.8) is 0 Å². The molecule has 0 heterocycles. The minimum atomic E-state index is -2.50. The highest BCUT2D eigenvalue weighted by atomic mass is 19.3.